The van der Waals surface area contributed by atoms with Crippen LogP contribution < -0.4 is 0 Å². The Morgan fingerprint density at radius 3 is 1.77 bits per heavy atom. The quantitative estimate of drug-likeness (QED) is 0.433. The molecule has 0 heterocycles. The van der Waals surface area contributed by atoms with E-state index in [1.165, 1.54) is 0 Å². The van der Waals surface area contributed by atoms with Crippen LogP contribution in [-0.2, 0) is 0 Å². The maximum absolute atomic E-state index is 14.4. The Kier molecular flexibility index (Phi) is 9.96. The first kappa shape index (κ1) is 23.8. The molecule has 0 N–H and O–H groups in total. The van der Waals surface area contributed by atoms with E-state index in [-0.39, 0.29) is 35.5 Å². The van der Waals surface area contributed by atoms with Crippen LogP contribution in [0.25, 0.3) is 0 Å². The van der Waals surface area contributed by atoms with Crippen molar-refractivity contribution in [3.8, 4) is 0 Å². The van der Waals surface area contributed by atoms with Crippen LogP contribution in [0.3, 0.4) is 0 Å². The lowest BCUT2D eigenvalue weighted by molar-refractivity contribution is -0.0142. The molecule has 2 aliphatic carbocycles. The van der Waals surface area contributed by atoms with Gasteiger partial charge in [0.2, 0.25) is 0 Å². The van der Waals surface area contributed by atoms with Crippen molar-refractivity contribution in [1.82, 2.24) is 0 Å². The Labute approximate surface area is 158 Å². The van der Waals surface area contributed by atoms with Crippen molar-refractivity contribution in [2.75, 3.05) is 0 Å². The van der Waals surface area contributed by atoms with E-state index in [1.54, 1.807) is 20.8 Å². The molecule has 156 valence electrons. The minimum atomic E-state index is -1.42. The molecule has 0 saturated heterocycles. The van der Waals surface area contributed by atoms with Crippen LogP contribution in [0, 0.1) is 35.5 Å². The van der Waals surface area contributed by atoms with Gasteiger partial charge in [0.25, 0.3) is 0 Å². The molecule has 7 atom stereocenters. The van der Waals surface area contributed by atoms with E-state index < -0.39 is 24.7 Å². The summed E-state index contributed by atoms with van der Waals surface area (Å²) in [5, 5.41) is 0. The van der Waals surface area contributed by atoms with Crippen molar-refractivity contribution < 1.29 is 17.6 Å². The Bertz CT molecular complexity index is 378. The summed E-state index contributed by atoms with van der Waals surface area (Å²) in [5.41, 5.74) is 0. The highest BCUT2D eigenvalue weighted by molar-refractivity contribution is 4.92. The molecule has 2 aliphatic rings. The van der Waals surface area contributed by atoms with Gasteiger partial charge in [0, 0.05) is 0 Å². The van der Waals surface area contributed by atoms with Gasteiger partial charge in [-0.25, -0.2) is 17.6 Å². The van der Waals surface area contributed by atoms with Crippen molar-refractivity contribution in [3.63, 3.8) is 0 Å². The van der Waals surface area contributed by atoms with Gasteiger partial charge in [-0.1, -0.05) is 41.5 Å². The molecule has 2 fully saturated rings. The van der Waals surface area contributed by atoms with E-state index >= 15 is 0 Å². The first-order chi connectivity index (χ1) is 12.2. The van der Waals surface area contributed by atoms with Gasteiger partial charge in [-0.15, -0.1) is 0 Å². The van der Waals surface area contributed by atoms with Crippen LogP contribution >= 0.6 is 0 Å². The van der Waals surface area contributed by atoms with Gasteiger partial charge >= 0.3 is 0 Å². The second kappa shape index (κ2) is 10.9. The van der Waals surface area contributed by atoms with Crippen LogP contribution in [0.2, 0.25) is 0 Å². The molecular weight excluding hydrogens is 340 g/mol. The molecule has 26 heavy (non-hydrogen) atoms. The fraction of sp³-hybridized carbons (Fsp3) is 1.00. The number of alkyl halides is 4. The van der Waals surface area contributed by atoms with E-state index in [9.17, 15) is 17.6 Å². The molecule has 0 aromatic rings. The van der Waals surface area contributed by atoms with Crippen LogP contribution in [0.5, 0.6) is 0 Å². The standard InChI is InChI=1S/C20H34F4.C2H6/c1-11(2)17(21)19(23)13(4)14-6-8-15(9-7-14)16-10-5-12(3)18(22)20(16)24;1-2/h11-20H,5-10H2,1-4H3;1-2H3. The summed E-state index contributed by atoms with van der Waals surface area (Å²) in [4.78, 5) is 0. The second-order valence-electron chi connectivity index (χ2n) is 8.77. The van der Waals surface area contributed by atoms with E-state index in [0.717, 1.165) is 38.5 Å². The molecule has 2 saturated carbocycles. The molecule has 0 amide bonds. The minimum Gasteiger partial charge on any atom is -0.244 e. The van der Waals surface area contributed by atoms with Gasteiger partial charge in [-0.05, 0) is 74.0 Å². The first-order valence-electron chi connectivity index (χ1n) is 10.8. The molecule has 0 spiro atoms. The molecule has 0 radical (unpaired) electrons. The summed E-state index contributed by atoms with van der Waals surface area (Å²) in [6, 6.07) is 0. The van der Waals surface area contributed by atoms with Crippen molar-refractivity contribution in [2.45, 2.75) is 105 Å². The summed E-state index contributed by atoms with van der Waals surface area (Å²) in [6.45, 7) is 11.0. The lowest BCUT2D eigenvalue weighted by Crippen LogP contribution is -2.42. The average molecular weight is 381 g/mol. The highest BCUT2D eigenvalue weighted by atomic mass is 19.2. The van der Waals surface area contributed by atoms with E-state index in [1.807, 2.05) is 20.8 Å². The normalized spacial score (nSPS) is 38.9. The zero-order valence-corrected chi connectivity index (χ0v) is 17.5. The Morgan fingerprint density at radius 2 is 1.27 bits per heavy atom. The zero-order chi connectivity index (χ0) is 20.0. The van der Waals surface area contributed by atoms with E-state index in [4.69, 9.17) is 0 Å². The summed E-state index contributed by atoms with van der Waals surface area (Å²) in [6.07, 6.45) is -0.733. The lowest BCUT2D eigenvalue weighted by Gasteiger charge is -2.42. The third-order valence-corrected chi connectivity index (χ3v) is 6.82. The molecule has 0 nitrogen and oxygen atoms in total. The Hall–Kier alpha value is -0.280. The third kappa shape index (κ3) is 5.61. The molecule has 2 rings (SSSR count). The number of hydrogen-bond donors (Lipinski definition) is 0. The molecule has 0 aromatic carbocycles. The molecule has 0 aromatic heterocycles. The van der Waals surface area contributed by atoms with Gasteiger partial charge in [-0.3, -0.25) is 0 Å². The predicted octanol–water partition coefficient (Wildman–Crippen LogP) is 7.51. The van der Waals surface area contributed by atoms with Gasteiger partial charge in [0.05, 0.1) is 0 Å². The fourth-order valence-electron chi connectivity index (χ4n) is 4.84. The average Bonchev–Trinajstić information content (AvgIpc) is 2.66. The molecule has 0 bridgehead atoms. The molecule has 0 aliphatic heterocycles. The summed E-state index contributed by atoms with van der Waals surface area (Å²) in [7, 11) is 0. The van der Waals surface area contributed by atoms with Crippen LogP contribution in [0.4, 0.5) is 17.6 Å². The lowest BCUT2D eigenvalue weighted by atomic mass is 9.66. The number of hydrogen-bond acceptors (Lipinski definition) is 0. The van der Waals surface area contributed by atoms with Gasteiger partial charge in [0.1, 0.15) is 24.7 Å². The van der Waals surface area contributed by atoms with Crippen LogP contribution in [0.15, 0.2) is 0 Å². The number of rotatable bonds is 5. The Morgan fingerprint density at radius 1 is 0.731 bits per heavy atom. The topological polar surface area (TPSA) is 0 Å². The van der Waals surface area contributed by atoms with Crippen molar-refractivity contribution in [1.29, 1.82) is 0 Å². The Balaban J connectivity index is 0.00000163. The van der Waals surface area contributed by atoms with Crippen LogP contribution in [-0.4, -0.2) is 24.7 Å². The fourth-order valence-corrected chi connectivity index (χ4v) is 4.84. The highest BCUT2D eigenvalue weighted by Gasteiger charge is 2.43. The second-order valence-corrected chi connectivity index (χ2v) is 8.77. The highest BCUT2D eigenvalue weighted by Crippen LogP contribution is 2.45. The van der Waals surface area contributed by atoms with E-state index in [2.05, 4.69) is 0 Å². The summed E-state index contributed by atoms with van der Waals surface area (Å²) in [5.74, 6) is -0.606. The van der Waals surface area contributed by atoms with Crippen molar-refractivity contribution in [2.24, 2.45) is 35.5 Å². The maximum Gasteiger partial charge on any atom is 0.134 e. The van der Waals surface area contributed by atoms with Gasteiger partial charge in [0.15, 0.2) is 0 Å². The third-order valence-electron chi connectivity index (χ3n) is 6.82. The van der Waals surface area contributed by atoms with E-state index in [0.29, 0.717) is 0 Å². The smallest absolute Gasteiger partial charge is 0.134 e. The van der Waals surface area contributed by atoms with Gasteiger partial charge < -0.3 is 0 Å². The molecule has 4 heteroatoms. The molecule has 7 unspecified atom stereocenters. The van der Waals surface area contributed by atoms with Crippen LogP contribution in [0.1, 0.15) is 80.1 Å². The predicted molar refractivity (Wildman–Crippen MR) is 102 cm³/mol. The van der Waals surface area contributed by atoms with Gasteiger partial charge in [-0.2, -0.15) is 0 Å². The first-order valence-corrected chi connectivity index (χ1v) is 10.8. The zero-order valence-electron chi connectivity index (χ0n) is 17.5. The summed E-state index contributed by atoms with van der Waals surface area (Å²) >= 11 is 0. The minimum absolute atomic E-state index is 0.162. The monoisotopic (exact) mass is 380 g/mol. The molecular formula is C22H40F4. The summed E-state index contributed by atoms with van der Waals surface area (Å²) < 4.78 is 56.7. The van der Waals surface area contributed by atoms with Crippen molar-refractivity contribution >= 4 is 0 Å². The largest absolute Gasteiger partial charge is 0.244 e. The number of halogens is 4. The maximum atomic E-state index is 14.4. The SMILES string of the molecule is CC.CC(C)C(F)C(F)C(C)C1CCC(C2CCC(C)C(F)C2F)CC1. The van der Waals surface area contributed by atoms with Crippen molar-refractivity contribution in [3.05, 3.63) is 0 Å².